The summed E-state index contributed by atoms with van der Waals surface area (Å²) in [4.78, 5) is 0. The van der Waals surface area contributed by atoms with Gasteiger partial charge < -0.3 is 18.9 Å². The zero-order chi connectivity index (χ0) is 13.9. The van der Waals surface area contributed by atoms with Crippen LogP contribution >= 0.6 is 0 Å². The van der Waals surface area contributed by atoms with Gasteiger partial charge in [-0.15, -0.1) is 0 Å². The number of hydrogen-bond donors (Lipinski definition) is 0. The van der Waals surface area contributed by atoms with Crippen molar-refractivity contribution in [2.75, 3.05) is 20.5 Å². The van der Waals surface area contributed by atoms with E-state index in [4.69, 9.17) is 18.9 Å². The first-order valence-electron chi connectivity index (χ1n) is 7.02. The summed E-state index contributed by atoms with van der Waals surface area (Å²) in [6.07, 6.45) is 2.84. The van der Waals surface area contributed by atoms with Crippen molar-refractivity contribution < 1.29 is 18.9 Å². The third-order valence-electron chi connectivity index (χ3n) is 3.69. The quantitative estimate of drug-likeness (QED) is 0.774. The molecule has 20 heavy (non-hydrogen) atoms. The minimum Gasteiger partial charge on any atom is -0.487 e. The van der Waals surface area contributed by atoms with Crippen molar-refractivity contribution in [3.8, 4) is 0 Å². The highest BCUT2D eigenvalue weighted by molar-refractivity contribution is 5.39. The normalized spacial score (nSPS) is 27.5. The first-order chi connectivity index (χ1) is 9.83. The molecule has 0 spiro atoms. The predicted molar refractivity (Wildman–Crippen MR) is 74.1 cm³/mol. The van der Waals surface area contributed by atoms with Gasteiger partial charge in [-0.1, -0.05) is 24.3 Å². The molecule has 2 aliphatic rings. The van der Waals surface area contributed by atoms with E-state index in [2.05, 4.69) is 12.1 Å². The topological polar surface area (TPSA) is 36.9 Å². The highest BCUT2D eigenvalue weighted by Crippen LogP contribution is 2.45. The first kappa shape index (κ1) is 13.6. The SMILES string of the molecule is CCO[C@H]1C=C2O[C@H](C1)c1ccccc1[C@H]2OCOC. The number of fused-ring (bicyclic) bond motifs is 4. The molecule has 1 aromatic carbocycles. The lowest BCUT2D eigenvalue weighted by molar-refractivity contribution is -0.102. The molecule has 0 N–H and O–H groups in total. The molecule has 0 unspecified atom stereocenters. The summed E-state index contributed by atoms with van der Waals surface area (Å²) < 4.78 is 22.6. The fourth-order valence-corrected chi connectivity index (χ4v) is 2.89. The standard InChI is InChI=1S/C16H20O4/c1-3-18-11-8-14-12-6-4-5-7-13(12)16(19-10-17-2)15(9-11)20-14/h4-7,9,11,14,16H,3,8,10H2,1-2H3/t11-,14-,16-/m1/s1. The summed E-state index contributed by atoms with van der Waals surface area (Å²) >= 11 is 0. The lowest BCUT2D eigenvalue weighted by Crippen LogP contribution is -2.30. The second-order valence-electron chi connectivity index (χ2n) is 4.99. The van der Waals surface area contributed by atoms with Gasteiger partial charge in [0.15, 0.2) is 0 Å². The van der Waals surface area contributed by atoms with Gasteiger partial charge in [0.1, 0.15) is 24.8 Å². The van der Waals surface area contributed by atoms with Crippen LogP contribution in [0, 0.1) is 0 Å². The molecule has 0 aliphatic carbocycles. The van der Waals surface area contributed by atoms with Gasteiger partial charge in [0.25, 0.3) is 0 Å². The molecule has 0 aromatic heterocycles. The Morgan fingerprint density at radius 2 is 2.00 bits per heavy atom. The molecule has 0 amide bonds. The van der Waals surface area contributed by atoms with Crippen LogP contribution in [0.4, 0.5) is 0 Å². The van der Waals surface area contributed by atoms with Gasteiger partial charge >= 0.3 is 0 Å². The maximum Gasteiger partial charge on any atom is 0.147 e. The minimum absolute atomic E-state index is 0.0603. The monoisotopic (exact) mass is 276 g/mol. The first-order valence-corrected chi connectivity index (χ1v) is 7.02. The third kappa shape index (κ3) is 2.46. The van der Waals surface area contributed by atoms with Gasteiger partial charge in [0.2, 0.25) is 0 Å². The van der Waals surface area contributed by atoms with Crippen molar-refractivity contribution in [2.45, 2.75) is 31.7 Å². The van der Waals surface area contributed by atoms with Gasteiger partial charge in [-0.2, -0.15) is 0 Å². The summed E-state index contributed by atoms with van der Waals surface area (Å²) in [5, 5.41) is 0. The molecule has 3 rings (SSSR count). The van der Waals surface area contributed by atoms with Crippen molar-refractivity contribution in [3.05, 3.63) is 47.2 Å². The van der Waals surface area contributed by atoms with Gasteiger partial charge in [0, 0.05) is 20.1 Å². The maximum absolute atomic E-state index is 6.04. The molecule has 0 saturated carbocycles. The summed E-state index contributed by atoms with van der Waals surface area (Å²) in [7, 11) is 1.62. The van der Waals surface area contributed by atoms with Crippen LogP contribution in [-0.2, 0) is 18.9 Å². The minimum atomic E-state index is -0.203. The van der Waals surface area contributed by atoms with Crippen molar-refractivity contribution in [1.29, 1.82) is 0 Å². The highest BCUT2D eigenvalue weighted by atomic mass is 16.7. The average molecular weight is 276 g/mol. The molecule has 2 heterocycles. The summed E-state index contributed by atoms with van der Waals surface area (Å²) in [6, 6.07) is 8.27. The van der Waals surface area contributed by atoms with E-state index in [0.717, 1.165) is 12.2 Å². The third-order valence-corrected chi connectivity index (χ3v) is 3.69. The van der Waals surface area contributed by atoms with E-state index >= 15 is 0 Å². The number of hydrogen-bond acceptors (Lipinski definition) is 4. The van der Waals surface area contributed by atoms with Gasteiger partial charge in [0.05, 0.1) is 6.10 Å². The van der Waals surface area contributed by atoms with Crippen molar-refractivity contribution >= 4 is 0 Å². The summed E-state index contributed by atoms with van der Waals surface area (Å²) in [5.41, 5.74) is 2.36. The molecule has 3 atom stereocenters. The molecule has 0 radical (unpaired) electrons. The van der Waals surface area contributed by atoms with Crippen molar-refractivity contribution in [2.24, 2.45) is 0 Å². The molecule has 4 nitrogen and oxygen atoms in total. The van der Waals surface area contributed by atoms with Gasteiger partial charge in [-0.25, -0.2) is 0 Å². The average Bonchev–Trinajstić information content (AvgIpc) is 2.47. The molecule has 2 aliphatic heterocycles. The smallest absolute Gasteiger partial charge is 0.147 e. The Kier molecular flexibility index (Phi) is 4.05. The number of methoxy groups -OCH3 is 1. The molecular weight excluding hydrogens is 256 g/mol. The summed E-state index contributed by atoms with van der Waals surface area (Å²) in [6.45, 7) is 2.95. The lowest BCUT2D eigenvalue weighted by atomic mass is 9.87. The molecule has 4 heteroatoms. The second kappa shape index (κ2) is 5.95. The van der Waals surface area contributed by atoms with E-state index < -0.39 is 0 Å². The summed E-state index contributed by atoms with van der Waals surface area (Å²) in [5.74, 6) is 0.843. The second-order valence-corrected chi connectivity index (χ2v) is 4.99. The van der Waals surface area contributed by atoms with Crippen LogP contribution in [0.3, 0.4) is 0 Å². The number of benzene rings is 1. The zero-order valence-electron chi connectivity index (χ0n) is 11.9. The van der Waals surface area contributed by atoms with E-state index in [1.54, 1.807) is 7.11 Å². The van der Waals surface area contributed by atoms with Crippen LogP contribution in [0.5, 0.6) is 0 Å². The highest BCUT2D eigenvalue weighted by Gasteiger charge is 2.37. The zero-order valence-corrected chi connectivity index (χ0v) is 11.9. The van der Waals surface area contributed by atoms with Gasteiger partial charge in [-0.3, -0.25) is 0 Å². The molecular formula is C16H20O4. The van der Waals surface area contributed by atoms with Crippen LogP contribution in [0.1, 0.15) is 36.7 Å². The Labute approximate surface area is 119 Å². The number of rotatable bonds is 5. The van der Waals surface area contributed by atoms with E-state index in [-0.39, 0.29) is 25.1 Å². The largest absolute Gasteiger partial charge is 0.487 e. The fourth-order valence-electron chi connectivity index (χ4n) is 2.89. The van der Waals surface area contributed by atoms with E-state index in [9.17, 15) is 0 Å². The Balaban J connectivity index is 1.95. The van der Waals surface area contributed by atoms with E-state index in [1.165, 1.54) is 11.1 Å². The van der Waals surface area contributed by atoms with Gasteiger partial charge in [-0.05, 0) is 24.1 Å². The maximum atomic E-state index is 6.04. The predicted octanol–water partition coefficient (Wildman–Crippen LogP) is 3.11. The van der Waals surface area contributed by atoms with Crippen molar-refractivity contribution in [1.82, 2.24) is 0 Å². The van der Waals surface area contributed by atoms with Crippen LogP contribution in [0.25, 0.3) is 0 Å². The number of ether oxygens (including phenoxy) is 4. The Morgan fingerprint density at radius 1 is 1.20 bits per heavy atom. The van der Waals surface area contributed by atoms with E-state index in [0.29, 0.717) is 6.61 Å². The van der Waals surface area contributed by atoms with Crippen LogP contribution in [-0.4, -0.2) is 26.6 Å². The molecule has 0 fully saturated rings. The lowest BCUT2D eigenvalue weighted by Gasteiger charge is -2.39. The van der Waals surface area contributed by atoms with Crippen molar-refractivity contribution in [3.63, 3.8) is 0 Å². The molecule has 108 valence electrons. The fraction of sp³-hybridized carbons (Fsp3) is 0.500. The van der Waals surface area contributed by atoms with E-state index in [1.807, 2.05) is 25.1 Å². The Bertz CT molecular complexity index is 497. The molecule has 2 bridgehead atoms. The van der Waals surface area contributed by atoms with Crippen LogP contribution in [0.2, 0.25) is 0 Å². The molecule has 0 saturated heterocycles. The van der Waals surface area contributed by atoms with Crippen LogP contribution < -0.4 is 0 Å². The Hall–Kier alpha value is -1.36. The molecule has 1 aromatic rings. The Morgan fingerprint density at radius 3 is 2.75 bits per heavy atom. The van der Waals surface area contributed by atoms with Crippen LogP contribution in [0.15, 0.2) is 36.1 Å².